The van der Waals surface area contributed by atoms with E-state index in [0.29, 0.717) is 0 Å². The van der Waals surface area contributed by atoms with E-state index in [1.165, 1.54) is 19.4 Å². The molecule has 0 spiro atoms. The number of aromatic nitrogens is 1. The fourth-order valence-electron chi connectivity index (χ4n) is 1.27. The maximum atomic E-state index is 12.6. The Morgan fingerprint density at radius 3 is 2.76 bits per heavy atom. The Labute approximate surface area is 102 Å². The molecule has 0 saturated carbocycles. The van der Waals surface area contributed by atoms with Crippen molar-refractivity contribution >= 4 is 17.4 Å². The van der Waals surface area contributed by atoms with Gasteiger partial charge in [0, 0.05) is 19.2 Å². The number of halogens is 4. The summed E-state index contributed by atoms with van der Waals surface area (Å²) in [5.41, 5.74) is -0.814. The van der Waals surface area contributed by atoms with E-state index in [9.17, 15) is 13.2 Å². The first kappa shape index (κ1) is 14.1. The highest BCUT2D eigenvalue weighted by Gasteiger charge is 2.34. The Bertz CT molecular complexity index is 360. The monoisotopic (exact) mass is 268 g/mol. The van der Waals surface area contributed by atoms with Crippen LogP contribution in [0, 0.1) is 0 Å². The summed E-state index contributed by atoms with van der Waals surface area (Å²) in [6.45, 7) is 0.206. The third-order valence-electron chi connectivity index (χ3n) is 2.01. The van der Waals surface area contributed by atoms with E-state index < -0.39 is 17.8 Å². The lowest BCUT2D eigenvalue weighted by Gasteiger charge is -2.18. The third kappa shape index (κ3) is 4.05. The number of hydrogen-bond acceptors (Lipinski definition) is 3. The van der Waals surface area contributed by atoms with Crippen LogP contribution in [0.2, 0.25) is 0 Å². The summed E-state index contributed by atoms with van der Waals surface area (Å²) in [7, 11) is 1.45. The number of anilines is 1. The molecule has 0 bridgehead atoms. The van der Waals surface area contributed by atoms with E-state index in [4.69, 9.17) is 16.3 Å². The van der Waals surface area contributed by atoms with Crippen molar-refractivity contribution in [3.8, 4) is 0 Å². The van der Waals surface area contributed by atoms with Crippen molar-refractivity contribution in [3.63, 3.8) is 0 Å². The first-order valence-electron chi connectivity index (χ1n) is 4.82. The summed E-state index contributed by atoms with van der Waals surface area (Å²) in [5.74, 6) is -0.107. The minimum atomic E-state index is -4.44. The number of nitrogens with zero attached hydrogens (tertiary/aromatic N) is 1. The number of rotatable bonds is 5. The highest BCUT2D eigenvalue weighted by molar-refractivity contribution is 6.18. The molecule has 0 fully saturated rings. The molecule has 0 saturated heterocycles. The van der Waals surface area contributed by atoms with Crippen molar-refractivity contribution in [2.75, 3.05) is 24.9 Å². The lowest BCUT2D eigenvalue weighted by atomic mass is 10.2. The van der Waals surface area contributed by atoms with Crippen LogP contribution in [0.4, 0.5) is 19.0 Å². The van der Waals surface area contributed by atoms with Gasteiger partial charge in [0.05, 0.1) is 18.2 Å². The van der Waals surface area contributed by atoms with Crippen molar-refractivity contribution < 1.29 is 17.9 Å². The summed E-state index contributed by atoms with van der Waals surface area (Å²) in [6.07, 6.45) is -3.16. The average molecular weight is 269 g/mol. The molecule has 1 N–H and O–H groups in total. The first-order valence-corrected chi connectivity index (χ1v) is 5.36. The molecule has 0 aromatic carbocycles. The third-order valence-corrected chi connectivity index (χ3v) is 2.38. The van der Waals surface area contributed by atoms with Gasteiger partial charge in [0.2, 0.25) is 0 Å². The molecule has 1 aromatic rings. The molecule has 1 atom stereocenters. The quantitative estimate of drug-likeness (QED) is 0.834. The highest BCUT2D eigenvalue weighted by atomic mass is 35.5. The lowest BCUT2D eigenvalue weighted by Crippen LogP contribution is -2.28. The molecule has 0 aliphatic heterocycles. The van der Waals surface area contributed by atoms with E-state index in [1.807, 2.05) is 0 Å². The van der Waals surface area contributed by atoms with Gasteiger partial charge < -0.3 is 10.1 Å². The maximum Gasteiger partial charge on any atom is 0.419 e. The molecule has 17 heavy (non-hydrogen) atoms. The van der Waals surface area contributed by atoms with Crippen LogP contribution >= 0.6 is 11.6 Å². The zero-order valence-corrected chi connectivity index (χ0v) is 9.85. The molecular weight excluding hydrogens is 257 g/mol. The second-order valence-corrected chi connectivity index (χ2v) is 3.66. The van der Waals surface area contributed by atoms with Crippen molar-refractivity contribution in [2.45, 2.75) is 12.2 Å². The van der Waals surface area contributed by atoms with Gasteiger partial charge in [-0.15, -0.1) is 11.6 Å². The summed E-state index contributed by atoms with van der Waals surface area (Å²) >= 11 is 5.61. The van der Waals surface area contributed by atoms with E-state index in [2.05, 4.69) is 10.3 Å². The SMILES string of the molecule is COCC(CCl)Nc1ncccc1C(F)(F)F. The molecule has 96 valence electrons. The normalized spacial score (nSPS) is 13.5. The van der Waals surface area contributed by atoms with Crippen LogP contribution in [0.3, 0.4) is 0 Å². The smallest absolute Gasteiger partial charge is 0.383 e. The number of pyridine rings is 1. The van der Waals surface area contributed by atoms with Crippen molar-refractivity contribution in [1.29, 1.82) is 0 Å². The maximum absolute atomic E-state index is 12.6. The molecule has 1 unspecified atom stereocenters. The van der Waals surface area contributed by atoms with Crippen LogP contribution in [0.15, 0.2) is 18.3 Å². The van der Waals surface area contributed by atoms with Gasteiger partial charge in [-0.05, 0) is 12.1 Å². The van der Waals surface area contributed by atoms with Gasteiger partial charge in [-0.3, -0.25) is 0 Å². The number of ether oxygens (including phenoxy) is 1. The number of alkyl halides is 4. The predicted molar refractivity (Wildman–Crippen MR) is 59.2 cm³/mol. The van der Waals surface area contributed by atoms with Gasteiger partial charge in [0.15, 0.2) is 0 Å². The Morgan fingerprint density at radius 1 is 1.53 bits per heavy atom. The topological polar surface area (TPSA) is 34.1 Å². The van der Waals surface area contributed by atoms with Crippen LogP contribution in [0.1, 0.15) is 5.56 Å². The molecule has 0 radical (unpaired) electrons. The molecule has 1 aromatic heterocycles. The first-order chi connectivity index (χ1) is 7.99. The Morgan fingerprint density at radius 2 is 2.24 bits per heavy atom. The molecule has 7 heteroatoms. The summed E-state index contributed by atoms with van der Waals surface area (Å²) in [4.78, 5) is 3.67. The Kier molecular flexibility index (Phi) is 5.02. The van der Waals surface area contributed by atoms with Crippen molar-refractivity contribution in [1.82, 2.24) is 4.98 Å². The number of hydrogen-bond donors (Lipinski definition) is 1. The van der Waals surface area contributed by atoms with Gasteiger partial charge in [0.25, 0.3) is 0 Å². The number of nitrogens with one attached hydrogen (secondary N) is 1. The molecule has 0 amide bonds. The summed E-state index contributed by atoms with van der Waals surface area (Å²) < 4.78 is 42.8. The molecule has 0 aliphatic carbocycles. The fraction of sp³-hybridized carbons (Fsp3) is 0.500. The van der Waals surface area contributed by atoms with E-state index in [0.717, 1.165) is 6.07 Å². The van der Waals surface area contributed by atoms with Gasteiger partial charge >= 0.3 is 6.18 Å². The van der Waals surface area contributed by atoms with E-state index >= 15 is 0 Å². The predicted octanol–water partition coefficient (Wildman–Crippen LogP) is 2.77. The Balaban J connectivity index is 2.90. The highest BCUT2D eigenvalue weighted by Crippen LogP contribution is 2.33. The zero-order chi connectivity index (χ0) is 12.9. The van der Waals surface area contributed by atoms with Crippen LogP contribution in [-0.4, -0.2) is 30.6 Å². The summed E-state index contributed by atoms with van der Waals surface area (Å²) in [5, 5.41) is 2.62. The molecular formula is C10H12ClF3N2O. The van der Waals surface area contributed by atoms with Gasteiger partial charge in [0.1, 0.15) is 5.82 Å². The molecule has 3 nitrogen and oxygen atoms in total. The van der Waals surface area contributed by atoms with Crippen LogP contribution in [-0.2, 0) is 10.9 Å². The standard InChI is InChI=1S/C10H12ClF3N2O/c1-17-6-7(5-11)16-9-8(10(12,13)14)3-2-4-15-9/h2-4,7H,5-6H2,1H3,(H,15,16). The zero-order valence-electron chi connectivity index (χ0n) is 9.09. The van der Waals surface area contributed by atoms with Crippen LogP contribution in [0.5, 0.6) is 0 Å². The van der Waals surface area contributed by atoms with E-state index in [1.54, 1.807) is 0 Å². The second kappa shape index (κ2) is 6.07. The largest absolute Gasteiger partial charge is 0.419 e. The van der Waals surface area contributed by atoms with Crippen molar-refractivity contribution in [2.24, 2.45) is 0 Å². The Hall–Kier alpha value is -1.01. The van der Waals surface area contributed by atoms with Crippen LogP contribution < -0.4 is 5.32 Å². The lowest BCUT2D eigenvalue weighted by molar-refractivity contribution is -0.137. The number of methoxy groups -OCH3 is 1. The fourth-order valence-corrected chi connectivity index (χ4v) is 1.43. The van der Waals surface area contributed by atoms with Gasteiger partial charge in [-0.1, -0.05) is 0 Å². The minimum Gasteiger partial charge on any atom is -0.383 e. The van der Waals surface area contributed by atoms with E-state index in [-0.39, 0.29) is 18.3 Å². The van der Waals surface area contributed by atoms with Crippen molar-refractivity contribution in [3.05, 3.63) is 23.9 Å². The molecule has 1 heterocycles. The average Bonchev–Trinajstić information content (AvgIpc) is 2.27. The molecule has 0 aliphatic rings. The van der Waals surface area contributed by atoms with Gasteiger partial charge in [-0.25, -0.2) is 4.98 Å². The summed E-state index contributed by atoms with van der Waals surface area (Å²) in [6, 6.07) is 1.78. The van der Waals surface area contributed by atoms with Gasteiger partial charge in [-0.2, -0.15) is 13.2 Å². The molecule has 1 rings (SSSR count). The minimum absolute atomic E-state index is 0.127. The van der Waals surface area contributed by atoms with Crippen LogP contribution in [0.25, 0.3) is 0 Å². The second-order valence-electron chi connectivity index (χ2n) is 3.35.